The van der Waals surface area contributed by atoms with Crippen LogP contribution in [-0.4, -0.2) is 38.1 Å². The summed E-state index contributed by atoms with van der Waals surface area (Å²) in [5.74, 6) is -0.944. The Labute approximate surface area is 110 Å². The molecule has 0 aromatic carbocycles. The number of carboxylic acids is 1. The minimum atomic E-state index is -1.16. The van der Waals surface area contributed by atoms with Crippen molar-refractivity contribution < 1.29 is 19.4 Å². The molecule has 1 N–H and O–H groups in total. The first-order valence-electron chi connectivity index (χ1n) is 6.37. The lowest BCUT2D eigenvalue weighted by Crippen LogP contribution is -2.26. The van der Waals surface area contributed by atoms with Gasteiger partial charge >= 0.3 is 11.9 Å². The van der Waals surface area contributed by atoms with Gasteiger partial charge in [-0.1, -0.05) is 12.1 Å². The summed E-state index contributed by atoms with van der Waals surface area (Å²) >= 11 is 0. The van der Waals surface area contributed by atoms with Gasteiger partial charge < -0.3 is 9.84 Å². The predicted molar refractivity (Wildman–Crippen MR) is 64.5 cm³/mol. The fourth-order valence-corrected chi connectivity index (χ4v) is 2.23. The Balaban J connectivity index is 1.87. The first-order valence-corrected chi connectivity index (χ1v) is 6.37. The molecule has 1 aliphatic rings. The minimum Gasteiger partial charge on any atom is -0.476 e. The Morgan fingerprint density at radius 3 is 2.74 bits per heavy atom. The molecular formula is C12H17N3O4. The van der Waals surface area contributed by atoms with E-state index in [1.54, 1.807) is 0 Å². The number of carboxylic acid groups (broad SMARTS) is 1. The number of ether oxygens (including phenoxy) is 1. The summed E-state index contributed by atoms with van der Waals surface area (Å²) in [7, 11) is 0. The molecule has 0 atom stereocenters. The molecule has 19 heavy (non-hydrogen) atoms. The molecule has 7 heteroatoms. The summed E-state index contributed by atoms with van der Waals surface area (Å²) in [6.07, 6.45) is 4.91. The second-order valence-electron chi connectivity index (χ2n) is 4.95. The van der Waals surface area contributed by atoms with Gasteiger partial charge in [0.1, 0.15) is 12.6 Å². The minimum absolute atomic E-state index is 0.0551. The molecule has 1 aromatic rings. The summed E-state index contributed by atoms with van der Waals surface area (Å²) in [6.45, 7) is 1.97. The highest BCUT2D eigenvalue weighted by molar-refractivity contribution is 5.85. The Morgan fingerprint density at radius 2 is 2.11 bits per heavy atom. The van der Waals surface area contributed by atoms with Crippen molar-refractivity contribution in [2.75, 3.05) is 0 Å². The second-order valence-corrected chi connectivity index (χ2v) is 4.95. The van der Waals surface area contributed by atoms with Gasteiger partial charge in [0, 0.05) is 0 Å². The van der Waals surface area contributed by atoms with Crippen LogP contribution in [0, 0.1) is 5.92 Å². The maximum Gasteiger partial charge on any atom is 0.355 e. The van der Waals surface area contributed by atoms with Gasteiger partial charge in [-0.25, -0.2) is 9.48 Å². The van der Waals surface area contributed by atoms with E-state index in [1.165, 1.54) is 0 Å². The molecule has 1 fully saturated rings. The molecule has 1 aromatic heterocycles. The average Bonchev–Trinajstić information content (AvgIpc) is 2.80. The molecule has 7 nitrogen and oxygen atoms in total. The van der Waals surface area contributed by atoms with Crippen molar-refractivity contribution in [3.8, 4) is 0 Å². The van der Waals surface area contributed by atoms with Crippen molar-refractivity contribution in [2.24, 2.45) is 5.92 Å². The molecule has 0 spiro atoms. The largest absolute Gasteiger partial charge is 0.476 e. The van der Waals surface area contributed by atoms with Crippen LogP contribution in [0.5, 0.6) is 0 Å². The Hall–Kier alpha value is -1.92. The van der Waals surface area contributed by atoms with Crippen molar-refractivity contribution in [3.63, 3.8) is 0 Å². The maximum absolute atomic E-state index is 11.7. The molecule has 0 unspecified atom stereocenters. The van der Waals surface area contributed by atoms with E-state index in [9.17, 15) is 9.59 Å². The molecule has 0 amide bonds. The third-order valence-corrected chi connectivity index (χ3v) is 3.38. The monoisotopic (exact) mass is 267 g/mol. The summed E-state index contributed by atoms with van der Waals surface area (Å²) < 4.78 is 6.37. The van der Waals surface area contributed by atoms with E-state index < -0.39 is 11.9 Å². The zero-order valence-electron chi connectivity index (χ0n) is 10.8. The highest BCUT2D eigenvalue weighted by atomic mass is 16.5. The molecule has 1 aliphatic carbocycles. The number of rotatable bonds is 4. The number of nitrogens with zero attached hydrogens (tertiary/aromatic N) is 3. The number of carbonyl (C=O) groups excluding carboxylic acids is 1. The summed E-state index contributed by atoms with van der Waals surface area (Å²) in [5.41, 5.74) is -0.116. The van der Waals surface area contributed by atoms with Gasteiger partial charge in [0.05, 0.1) is 6.20 Å². The van der Waals surface area contributed by atoms with Crippen molar-refractivity contribution in [3.05, 3.63) is 11.9 Å². The van der Waals surface area contributed by atoms with E-state index >= 15 is 0 Å². The number of hydrogen-bond acceptors (Lipinski definition) is 5. The summed E-state index contributed by atoms with van der Waals surface area (Å²) in [4.78, 5) is 22.6. The zero-order chi connectivity index (χ0) is 13.8. The van der Waals surface area contributed by atoms with Crippen LogP contribution in [0.4, 0.5) is 0 Å². The molecule has 1 saturated carbocycles. The molecule has 104 valence electrons. The van der Waals surface area contributed by atoms with E-state index in [0.29, 0.717) is 5.92 Å². The highest BCUT2D eigenvalue weighted by Crippen LogP contribution is 2.25. The second kappa shape index (κ2) is 5.81. The van der Waals surface area contributed by atoms with Crippen LogP contribution in [0.2, 0.25) is 0 Å². The molecule has 0 radical (unpaired) electrons. The van der Waals surface area contributed by atoms with Crippen LogP contribution >= 0.6 is 0 Å². The zero-order valence-corrected chi connectivity index (χ0v) is 10.8. The fraction of sp³-hybridized carbons (Fsp3) is 0.667. The van der Waals surface area contributed by atoms with Gasteiger partial charge in [-0.2, -0.15) is 0 Å². The predicted octanol–water partition coefficient (Wildman–Crippen LogP) is 1.10. The number of hydrogen-bond donors (Lipinski definition) is 1. The van der Waals surface area contributed by atoms with Gasteiger partial charge in [-0.15, -0.1) is 5.10 Å². The highest BCUT2D eigenvalue weighted by Gasteiger charge is 2.22. The first kappa shape index (κ1) is 13.5. The van der Waals surface area contributed by atoms with Gasteiger partial charge in [-0.05, 0) is 31.6 Å². The maximum atomic E-state index is 11.7. The van der Waals surface area contributed by atoms with Gasteiger partial charge in [-0.3, -0.25) is 4.79 Å². The van der Waals surface area contributed by atoms with Gasteiger partial charge in [0.25, 0.3) is 0 Å². The fourth-order valence-electron chi connectivity index (χ4n) is 2.23. The standard InChI is InChI=1S/C12H17N3O4/c1-8-2-4-9(5-3-8)19-11(16)7-15-10(12(17)18)6-13-14-15/h6,8-9H,2-5,7H2,1H3,(H,17,18). The topological polar surface area (TPSA) is 94.3 Å². The molecular weight excluding hydrogens is 250 g/mol. The summed E-state index contributed by atoms with van der Waals surface area (Å²) in [6, 6.07) is 0. The number of esters is 1. The lowest BCUT2D eigenvalue weighted by Gasteiger charge is -2.25. The van der Waals surface area contributed by atoms with Crippen LogP contribution in [0.3, 0.4) is 0 Å². The number of carbonyl (C=O) groups is 2. The van der Waals surface area contributed by atoms with Gasteiger partial charge in [0.15, 0.2) is 5.69 Å². The first-order chi connectivity index (χ1) is 9.06. The normalized spacial score (nSPS) is 23.0. The smallest absolute Gasteiger partial charge is 0.355 e. The molecule has 2 rings (SSSR count). The van der Waals surface area contributed by atoms with Gasteiger partial charge in [0.2, 0.25) is 0 Å². The van der Waals surface area contributed by atoms with Crippen LogP contribution < -0.4 is 0 Å². The van der Waals surface area contributed by atoms with E-state index in [1.807, 2.05) is 0 Å². The number of aromatic nitrogens is 3. The molecule has 0 saturated heterocycles. The quantitative estimate of drug-likeness (QED) is 0.821. The molecule has 1 heterocycles. The van der Waals surface area contributed by atoms with Crippen molar-refractivity contribution >= 4 is 11.9 Å². The van der Waals surface area contributed by atoms with E-state index in [0.717, 1.165) is 36.6 Å². The Morgan fingerprint density at radius 1 is 1.42 bits per heavy atom. The van der Waals surface area contributed by atoms with E-state index in [2.05, 4.69) is 17.2 Å². The van der Waals surface area contributed by atoms with Crippen LogP contribution in [0.1, 0.15) is 43.1 Å². The van der Waals surface area contributed by atoms with E-state index in [-0.39, 0.29) is 18.3 Å². The van der Waals surface area contributed by atoms with Crippen LogP contribution in [0.25, 0.3) is 0 Å². The Bertz CT molecular complexity index is 463. The molecule has 0 aliphatic heterocycles. The lowest BCUT2D eigenvalue weighted by atomic mass is 9.89. The van der Waals surface area contributed by atoms with Crippen molar-refractivity contribution in [2.45, 2.75) is 45.3 Å². The van der Waals surface area contributed by atoms with Crippen molar-refractivity contribution in [1.82, 2.24) is 15.0 Å². The molecule has 0 bridgehead atoms. The van der Waals surface area contributed by atoms with Crippen LogP contribution in [0.15, 0.2) is 6.20 Å². The average molecular weight is 267 g/mol. The summed E-state index contributed by atoms with van der Waals surface area (Å²) in [5, 5.41) is 15.9. The third-order valence-electron chi connectivity index (χ3n) is 3.38. The Kier molecular flexibility index (Phi) is 4.13. The van der Waals surface area contributed by atoms with E-state index in [4.69, 9.17) is 9.84 Å². The number of aromatic carboxylic acids is 1. The lowest BCUT2D eigenvalue weighted by molar-refractivity contribution is -0.151. The third kappa shape index (κ3) is 3.52. The van der Waals surface area contributed by atoms with Crippen LogP contribution in [-0.2, 0) is 16.1 Å². The van der Waals surface area contributed by atoms with Crippen molar-refractivity contribution in [1.29, 1.82) is 0 Å². The SMILES string of the molecule is CC1CCC(OC(=O)Cn2nncc2C(=O)O)CC1.